The van der Waals surface area contributed by atoms with Gasteiger partial charge in [0.2, 0.25) is 0 Å². The Hall–Kier alpha value is -1.45. The standard InChI is InChI=1S/C32H46O3/c1-6-23-8-10-24(11-9-23)21-35-32(34)19-18-29(4)25(20-32)12-13-26-27(29)14-16-30(5)28(26)15-17-31(30,7-2)22(3)33/h8-12,26-28,34H,6-7,13-21H2,1-5H3. The van der Waals surface area contributed by atoms with Gasteiger partial charge in [-0.2, -0.15) is 0 Å². The van der Waals surface area contributed by atoms with Crippen LogP contribution in [0.1, 0.15) is 104 Å². The molecule has 3 heteroatoms. The number of hydrogen-bond acceptors (Lipinski definition) is 3. The van der Waals surface area contributed by atoms with Crippen LogP contribution < -0.4 is 0 Å². The molecule has 1 N–H and O–H groups in total. The van der Waals surface area contributed by atoms with E-state index in [9.17, 15) is 9.90 Å². The van der Waals surface area contributed by atoms with E-state index in [-0.39, 0.29) is 16.2 Å². The SMILES string of the molecule is CCc1ccc(COC2(O)CCC3(C)C(=CCC4C3CCC3(C)C4CCC3(CC)C(C)=O)C2)cc1. The molecule has 3 nitrogen and oxygen atoms in total. The molecule has 0 spiro atoms. The van der Waals surface area contributed by atoms with Gasteiger partial charge in [-0.1, -0.05) is 63.6 Å². The van der Waals surface area contributed by atoms with Crippen LogP contribution in [-0.4, -0.2) is 16.7 Å². The Morgan fingerprint density at radius 2 is 1.69 bits per heavy atom. The zero-order valence-corrected chi connectivity index (χ0v) is 22.7. The highest BCUT2D eigenvalue weighted by molar-refractivity contribution is 5.83. The van der Waals surface area contributed by atoms with E-state index in [2.05, 4.69) is 58.0 Å². The number of benzene rings is 1. The lowest BCUT2D eigenvalue weighted by Crippen LogP contribution is -2.55. The van der Waals surface area contributed by atoms with Crippen LogP contribution in [0.4, 0.5) is 0 Å². The monoisotopic (exact) mass is 478 g/mol. The Balaban J connectivity index is 1.33. The zero-order chi connectivity index (χ0) is 25.1. The van der Waals surface area contributed by atoms with Gasteiger partial charge in [-0.15, -0.1) is 0 Å². The fourth-order valence-electron chi connectivity index (χ4n) is 9.37. The number of aliphatic hydroxyl groups is 1. The summed E-state index contributed by atoms with van der Waals surface area (Å²) in [5, 5.41) is 11.4. The van der Waals surface area contributed by atoms with Gasteiger partial charge < -0.3 is 9.84 Å². The lowest BCUT2D eigenvalue weighted by atomic mass is 9.45. The molecule has 7 atom stereocenters. The molecule has 4 aliphatic rings. The van der Waals surface area contributed by atoms with Gasteiger partial charge in [0.1, 0.15) is 5.78 Å². The Labute approximate surface area is 212 Å². The minimum absolute atomic E-state index is 0.122. The lowest BCUT2D eigenvalue weighted by molar-refractivity contribution is -0.231. The average molecular weight is 479 g/mol. The van der Waals surface area contributed by atoms with Gasteiger partial charge in [-0.25, -0.2) is 0 Å². The predicted molar refractivity (Wildman–Crippen MR) is 141 cm³/mol. The summed E-state index contributed by atoms with van der Waals surface area (Å²) in [5.41, 5.74) is 4.04. The molecule has 0 bridgehead atoms. The smallest absolute Gasteiger partial charge is 0.169 e. The zero-order valence-electron chi connectivity index (χ0n) is 22.7. The second kappa shape index (κ2) is 8.84. The second-order valence-corrected chi connectivity index (χ2v) is 12.8. The Bertz CT molecular complexity index is 995. The summed E-state index contributed by atoms with van der Waals surface area (Å²) in [6.45, 7) is 11.6. The maximum absolute atomic E-state index is 12.9. The molecule has 7 unspecified atom stereocenters. The number of Topliss-reactive ketones (excluding diaryl/α,β-unsaturated/α-hetero) is 1. The van der Waals surface area contributed by atoms with E-state index in [0.717, 1.165) is 37.7 Å². The molecule has 0 aromatic heterocycles. The van der Waals surface area contributed by atoms with Crippen LogP contribution >= 0.6 is 0 Å². The van der Waals surface area contributed by atoms with E-state index >= 15 is 0 Å². The third-order valence-corrected chi connectivity index (χ3v) is 11.7. The minimum Gasteiger partial charge on any atom is -0.365 e. The van der Waals surface area contributed by atoms with Crippen molar-refractivity contribution in [2.45, 2.75) is 111 Å². The summed E-state index contributed by atoms with van der Waals surface area (Å²) in [7, 11) is 0. The van der Waals surface area contributed by atoms with E-state index in [1.165, 1.54) is 30.4 Å². The summed E-state index contributed by atoms with van der Waals surface area (Å²) in [5.74, 6) is 1.32. The molecule has 1 aromatic rings. The van der Waals surface area contributed by atoms with Gasteiger partial charge in [0.05, 0.1) is 6.61 Å². The van der Waals surface area contributed by atoms with Gasteiger partial charge in [0, 0.05) is 18.3 Å². The molecule has 3 fully saturated rings. The summed E-state index contributed by atoms with van der Waals surface area (Å²) >= 11 is 0. The molecule has 192 valence electrons. The van der Waals surface area contributed by atoms with Crippen LogP contribution in [0, 0.1) is 34.0 Å². The maximum Gasteiger partial charge on any atom is 0.169 e. The number of rotatable bonds is 6. The molecule has 35 heavy (non-hydrogen) atoms. The summed E-state index contributed by atoms with van der Waals surface area (Å²) < 4.78 is 6.19. The quantitative estimate of drug-likeness (QED) is 0.342. The van der Waals surface area contributed by atoms with Crippen LogP contribution in [0.3, 0.4) is 0 Å². The number of ketones is 1. The third kappa shape index (κ3) is 3.79. The highest BCUT2D eigenvalue weighted by Gasteiger charge is 2.65. The highest BCUT2D eigenvalue weighted by Crippen LogP contribution is 2.70. The fraction of sp³-hybridized carbons (Fsp3) is 0.719. The highest BCUT2D eigenvalue weighted by atomic mass is 16.6. The first kappa shape index (κ1) is 25.2. The molecule has 5 rings (SSSR count). The number of fused-ring (bicyclic) bond motifs is 5. The van der Waals surface area contributed by atoms with Gasteiger partial charge in [0.25, 0.3) is 0 Å². The van der Waals surface area contributed by atoms with E-state index < -0.39 is 5.79 Å². The number of allylic oxidation sites excluding steroid dienone is 1. The lowest BCUT2D eigenvalue weighted by Gasteiger charge is -2.60. The number of aryl methyl sites for hydroxylation is 1. The molecular formula is C32H46O3. The van der Waals surface area contributed by atoms with E-state index in [0.29, 0.717) is 43.0 Å². The molecule has 1 aromatic carbocycles. The molecule has 0 amide bonds. The third-order valence-electron chi connectivity index (χ3n) is 11.7. The van der Waals surface area contributed by atoms with Gasteiger partial charge in [0.15, 0.2) is 5.79 Å². The topological polar surface area (TPSA) is 46.5 Å². The van der Waals surface area contributed by atoms with Crippen molar-refractivity contribution in [3.63, 3.8) is 0 Å². The molecule has 0 radical (unpaired) electrons. The molecule has 4 aliphatic carbocycles. The van der Waals surface area contributed by atoms with E-state index in [1.807, 2.05) is 6.92 Å². The van der Waals surface area contributed by atoms with E-state index in [4.69, 9.17) is 4.74 Å². The van der Waals surface area contributed by atoms with Crippen molar-refractivity contribution in [3.8, 4) is 0 Å². The molecular weight excluding hydrogens is 432 g/mol. The molecule has 0 saturated heterocycles. The van der Waals surface area contributed by atoms with Crippen molar-refractivity contribution in [1.82, 2.24) is 0 Å². The van der Waals surface area contributed by atoms with Crippen molar-refractivity contribution >= 4 is 5.78 Å². The number of carbonyl (C=O) groups is 1. The van der Waals surface area contributed by atoms with Gasteiger partial charge in [-0.3, -0.25) is 4.79 Å². The van der Waals surface area contributed by atoms with Crippen LogP contribution in [0.15, 0.2) is 35.9 Å². The molecule has 0 heterocycles. The Morgan fingerprint density at radius 1 is 1.00 bits per heavy atom. The Kier molecular flexibility index (Phi) is 6.37. The van der Waals surface area contributed by atoms with Crippen molar-refractivity contribution < 1.29 is 14.6 Å². The molecule has 3 saturated carbocycles. The minimum atomic E-state index is -1.07. The van der Waals surface area contributed by atoms with Crippen molar-refractivity contribution in [2.75, 3.05) is 0 Å². The maximum atomic E-state index is 12.9. The number of carbonyl (C=O) groups excluding carboxylic acids is 1. The van der Waals surface area contributed by atoms with Crippen LogP contribution in [0.2, 0.25) is 0 Å². The first-order chi connectivity index (χ1) is 16.6. The number of hydrogen-bond donors (Lipinski definition) is 1. The first-order valence-corrected chi connectivity index (χ1v) is 14.3. The normalized spacial score (nSPS) is 42.6. The van der Waals surface area contributed by atoms with Crippen molar-refractivity contribution in [3.05, 3.63) is 47.0 Å². The van der Waals surface area contributed by atoms with Gasteiger partial charge >= 0.3 is 0 Å². The molecule has 0 aliphatic heterocycles. The second-order valence-electron chi connectivity index (χ2n) is 12.8. The Morgan fingerprint density at radius 3 is 2.34 bits per heavy atom. The number of ether oxygens (including phenoxy) is 1. The predicted octanol–water partition coefficient (Wildman–Crippen LogP) is 7.40. The van der Waals surface area contributed by atoms with Crippen LogP contribution in [0.25, 0.3) is 0 Å². The summed E-state index contributed by atoms with van der Waals surface area (Å²) in [6, 6.07) is 8.56. The first-order valence-electron chi connectivity index (χ1n) is 14.3. The van der Waals surface area contributed by atoms with Crippen LogP contribution in [-0.2, 0) is 22.6 Å². The van der Waals surface area contributed by atoms with E-state index in [1.54, 1.807) is 0 Å². The largest absolute Gasteiger partial charge is 0.365 e. The summed E-state index contributed by atoms with van der Waals surface area (Å²) in [4.78, 5) is 12.9. The summed E-state index contributed by atoms with van der Waals surface area (Å²) in [6.07, 6.45) is 12.6. The average Bonchev–Trinajstić information content (AvgIpc) is 3.17. The fourth-order valence-corrected chi connectivity index (χ4v) is 9.37. The van der Waals surface area contributed by atoms with Crippen molar-refractivity contribution in [1.29, 1.82) is 0 Å². The van der Waals surface area contributed by atoms with Gasteiger partial charge in [-0.05, 0) is 98.0 Å². The van der Waals surface area contributed by atoms with Crippen molar-refractivity contribution in [2.24, 2.45) is 34.0 Å². The van der Waals surface area contributed by atoms with Crippen LogP contribution in [0.5, 0.6) is 0 Å².